The molecule has 45 heavy (non-hydrogen) atoms. The van der Waals surface area contributed by atoms with E-state index < -0.39 is 11.7 Å². The van der Waals surface area contributed by atoms with Crippen LogP contribution in [0.15, 0.2) is 72.8 Å². The number of halogens is 2. The average Bonchev–Trinajstić information content (AvgIpc) is 3.00. The Labute approximate surface area is 277 Å². The van der Waals surface area contributed by atoms with Crippen LogP contribution in [-0.4, -0.2) is 60.6 Å². The first-order valence-electron chi connectivity index (χ1n) is 15.2. The molecule has 3 aromatic carbocycles. The van der Waals surface area contributed by atoms with Gasteiger partial charge in [-0.05, 0) is 100 Å². The van der Waals surface area contributed by atoms with Crippen molar-refractivity contribution in [2.24, 2.45) is 0 Å². The molecule has 0 radical (unpaired) electrons. The first kappa shape index (κ1) is 35.9. The van der Waals surface area contributed by atoms with Gasteiger partial charge in [-0.15, -0.1) is 12.4 Å². The number of piperidine rings is 1. The average molecular weight is 656 g/mol. The van der Waals surface area contributed by atoms with Crippen molar-refractivity contribution >= 4 is 41.9 Å². The van der Waals surface area contributed by atoms with Gasteiger partial charge in [0.2, 0.25) is 5.91 Å². The van der Waals surface area contributed by atoms with E-state index in [1.54, 1.807) is 26.8 Å². The first-order valence-corrected chi connectivity index (χ1v) is 15.6. The van der Waals surface area contributed by atoms with Gasteiger partial charge in [-0.1, -0.05) is 60.1 Å². The summed E-state index contributed by atoms with van der Waals surface area (Å²) in [5.74, 6) is -0.156. The zero-order valence-corrected chi connectivity index (χ0v) is 28.0. The topological polar surface area (TPSA) is 99.8 Å². The fourth-order valence-electron chi connectivity index (χ4n) is 5.50. The van der Waals surface area contributed by atoms with Crippen LogP contribution in [-0.2, 0) is 16.0 Å². The molecular formula is C35H44Cl2N4O4. The van der Waals surface area contributed by atoms with Gasteiger partial charge < -0.3 is 25.6 Å². The third kappa shape index (κ3) is 10.5. The predicted molar refractivity (Wildman–Crippen MR) is 182 cm³/mol. The van der Waals surface area contributed by atoms with Gasteiger partial charge >= 0.3 is 6.09 Å². The molecule has 10 heteroatoms. The second-order valence-corrected chi connectivity index (χ2v) is 12.6. The largest absolute Gasteiger partial charge is 0.444 e. The van der Waals surface area contributed by atoms with Crippen LogP contribution < -0.4 is 16.0 Å². The Balaban J connectivity index is 0.00000552. The monoisotopic (exact) mass is 654 g/mol. The second kappa shape index (κ2) is 16.6. The highest BCUT2D eigenvalue weighted by Gasteiger charge is 2.30. The number of carbonyl (C=O) groups excluding carboxylic acids is 3. The molecule has 1 aliphatic rings. The van der Waals surface area contributed by atoms with Crippen molar-refractivity contribution in [2.45, 2.75) is 64.6 Å². The van der Waals surface area contributed by atoms with Crippen LogP contribution in [0, 0.1) is 0 Å². The number of benzene rings is 3. The second-order valence-electron chi connectivity index (χ2n) is 12.1. The maximum absolute atomic E-state index is 13.8. The van der Waals surface area contributed by atoms with Crippen molar-refractivity contribution < 1.29 is 19.1 Å². The molecule has 1 atom stereocenters. The SMILES string of the molecule is CC(c1cccc(-c2ccccc2C(=O)NCCNC(=O)OC(C)(C)C)c1)N(C(=O)Cc1ccc(Cl)cc1)C1CCNCC1.Cl. The zero-order valence-electron chi connectivity index (χ0n) is 26.4. The summed E-state index contributed by atoms with van der Waals surface area (Å²) >= 11 is 6.07. The zero-order chi connectivity index (χ0) is 31.7. The molecule has 1 fully saturated rings. The summed E-state index contributed by atoms with van der Waals surface area (Å²) < 4.78 is 5.25. The minimum atomic E-state index is -0.590. The summed E-state index contributed by atoms with van der Waals surface area (Å²) in [6, 6.07) is 22.9. The molecule has 8 nitrogen and oxygen atoms in total. The number of hydrogen-bond donors (Lipinski definition) is 3. The lowest BCUT2D eigenvalue weighted by Crippen LogP contribution is -2.47. The number of ether oxygens (including phenoxy) is 1. The molecule has 1 unspecified atom stereocenters. The van der Waals surface area contributed by atoms with Crippen LogP contribution >= 0.6 is 24.0 Å². The third-order valence-corrected chi connectivity index (χ3v) is 7.86. The molecule has 3 N–H and O–H groups in total. The Bertz CT molecular complexity index is 1440. The Hall–Kier alpha value is -3.59. The van der Waals surface area contributed by atoms with Crippen LogP contribution in [0.4, 0.5) is 4.79 Å². The van der Waals surface area contributed by atoms with E-state index in [1.165, 1.54) is 0 Å². The van der Waals surface area contributed by atoms with Crippen molar-refractivity contribution in [3.63, 3.8) is 0 Å². The maximum atomic E-state index is 13.8. The molecule has 1 aliphatic heterocycles. The van der Waals surface area contributed by atoms with E-state index in [-0.39, 0.29) is 49.4 Å². The number of rotatable bonds is 10. The van der Waals surface area contributed by atoms with Gasteiger partial charge in [0.1, 0.15) is 5.60 Å². The van der Waals surface area contributed by atoms with Crippen LogP contribution in [0.1, 0.15) is 68.1 Å². The lowest BCUT2D eigenvalue weighted by molar-refractivity contribution is -0.136. The molecule has 0 aliphatic carbocycles. The molecule has 3 amide bonds. The molecule has 4 rings (SSSR count). The highest BCUT2D eigenvalue weighted by atomic mass is 35.5. The Morgan fingerprint density at radius 3 is 2.31 bits per heavy atom. The molecule has 242 valence electrons. The number of nitrogens with zero attached hydrogens (tertiary/aromatic N) is 1. The molecule has 1 heterocycles. The van der Waals surface area contributed by atoms with Crippen molar-refractivity contribution in [2.75, 3.05) is 26.2 Å². The van der Waals surface area contributed by atoms with Gasteiger partial charge in [0.05, 0.1) is 12.5 Å². The van der Waals surface area contributed by atoms with Gasteiger partial charge in [-0.25, -0.2) is 4.79 Å². The van der Waals surface area contributed by atoms with Crippen molar-refractivity contribution in [3.05, 3.63) is 94.5 Å². The highest BCUT2D eigenvalue weighted by Crippen LogP contribution is 2.31. The van der Waals surface area contributed by atoms with E-state index in [1.807, 2.05) is 65.6 Å². The maximum Gasteiger partial charge on any atom is 0.407 e. The standard InChI is InChI=1S/C35H43ClN4O4.ClH/c1-24(40(29-16-18-37-19-17-29)32(41)22-25-12-14-28(36)15-13-25)26-8-7-9-27(23-26)30-10-5-6-11-31(30)33(42)38-20-21-39-34(43)44-35(2,3)4;/h5-15,23-24,29,37H,16-22H2,1-4H3,(H,38,42)(H,39,43);1H. The van der Waals surface area contributed by atoms with E-state index in [4.69, 9.17) is 16.3 Å². The van der Waals surface area contributed by atoms with E-state index in [2.05, 4.69) is 28.9 Å². The molecule has 0 bridgehead atoms. The number of nitrogens with one attached hydrogen (secondary N) is 3. The van der Waals surface area contributed by atoms with E-state index in [0.29, 0.717) is 17.0 Å². The normalized spacial score (nSPS) is 14.1. The summed E-state index contributed by atoms with van der Waals surface area (Å²) in [5.41, 5.74) is 3.56. The Kier molecular flexibility index (Phi) is 13.3. The number of amides is 3. The summed E-state index contributed by atoms with van der Waals surface area (Å²) in [7, 11) is 0. The summed E-state index contributed by atoms with van der Waals surface area (Å²) in [4.78, 5) is 41.0. The van der Waals surface area contributed by atoms with Crippen molar-refractivity contribution in [3.8, 4) is 11.1 Å². The van der Waals surface area contributed by atoms with Gasteiger partial charge in [0, 0.05) is 29.7 Å². The first-order chi connectivity index (χ1) is 21.0. The minimum absolute atomic E-state index is 0. The van der Waals surface area contributed by atoms with E-state index >= 15 is 0 Å². The van der Waals surface area contributed by atoms with Crippen molar-refractivity contribution in [1.29, 1.82) is 0 Å². The molecule has 0 spiro atoms. The van der Waals surface area contributed by atoms with Gasteiger partial charge in [-0.2, -0.15) is 0 Å². The molecule has 1 saturated heterocycles. The van der Waals surface area contributed by atoms with E-state index in [0.717, 1.165) is 48.2 Å². The quantitative estimate of drug-likeness (QED) is 0.215. The smallest absolute Gasteiger partial charge is 0.407 e. The lowest BCUT2D eigenvalue weighted by Gasteiger charge is -2.39. The van der Waals surface area contributed by atoms with Gasteiger partial charge in [-0.3, -0.25) is 9.59 Å². The third-order valence-electron chi connectivity index (χ3n) is 7.61. The van der Waals surface area contributed by atoms with Crippen LogP contribution in [0.25, 0.3) is 11.1 Å². The molecular weight excluding hydrogens is 611 g/mol. The Morgan fingerprint density at radius 2 is 1.62 bits per heavy atom. The van der Waals surface area contributed by atoms with Crippen molar-refractivity contribution in [1.82, 2.24) is 20.9 Å². The molecule has 3 aromatic rings. The fraction of sp³-hybridized carbons (Fsp3) is 0.400. The Morgan fingerprint density at radius 1 is 0.956 bits per heavy atom. The number of hydrogen-bond acceptors (Lipinski definition) is 5. The summed E-state index contributed by atoms with van der Waals surface area (Å²) in [6.07, 6.45) is 1.56. The number of carbonyl (C=O) groups is 3. The fourth-order valence-corrected chi connectivity index (χ4v) is 5.62. The lowest BCUT2D eigenvalue weighted by atomic mass is 9.94. The number of alkyl carbamates (subject to hydrolysis) is 1. The molecule has 0 aromatic heterocycles. The predicted octanol–water partition coefficient (Wildman–Crippen LogP) is 6.57. The van der Waals surface area contributed by atoms with Crippen LogP contribution in [0.3, 0.4) is 0 Å². The van der Waals surface area contributed by atoms with Crippen LogP contribution in [0.2, 0.25) is 5.02 Å². The van der Waals surface area contributed by atoms with Gasteiger partial charge in [0.25, 0.3) is 5.91 Å². The highest BCUT2D eigenvalue weighted by molar-refractivity contribution is 6.30. The molecule has 0 saturated carbocycles. The summed E-state index contributed by atoms with van der Waals surface area (Å²) in [5, 5.41) is 9.60. The van der Waals surface area contributed by atoms with E-state index in [9.17, 15) is 14.4 Å². The minimum Gasteiger partial charge on any atom is -0.444 e. The van der Waals surface area contributed by atoms with Crippen LogP contribution in [0.5, 0.6) is 0 Å². The van der Waals surface area contributed by atoms with Gasteiger partial charge in [0.15, 0.2) is 0 Å². The summed E-state index contributed by atoms with van der Waals surface area (Å²) in [6.45, 7) is 9.71.